The number of ether oxygens (including phenoxy) is 1. The number of sulfone groups is 1. The summed E-state index contributed by atoms with van der Waals surface area (Å²) in [5, 5.41) is 4.77. The van der Waals surface area contributed by atoms with Crippen LogP contribution in [0, 0.1) is 0 Å². The molecule has 1 N–H and O–H groups in total. The van der Waals surface area contributed by atoms with Crippen LogP contribution in [0.15, 0.2) is 46.7 Å². The van der Waals surface area contributed by atoms with Gasteiger partial charge in [0.1, 0.15) is 0 Å². The molecule has 1 aliphatic rings. The van der Waals surface area contributed by atoms with Crippen molar-refractivity contribution in [1.29, 1.82) is 0 Å². The van der Waals surface area contributed by atoms with E-state index in [1.165, 1.54) is 0 Å². The molecule has 1 fully saturated rings. The predicted octanol–water partition coefficient (Wildman–Crippen LogP) is 3.29. The number of hydrogen-bond donors (Lipinski definition) is 1. The van der Waals surface area contributed by atoms with Crippen LogP contribution in [0.5, 0.6) is 0 Å². The summed E-state index contributed by atoms with van der Waals surface area (Å²) in [7, 11) is -3.30. The monoisotopic (exact) mass is 407 g/mol. The summed E-state index contributed by atoms with van der Waals surface area (Å²) < 4.78 is 29.9. The number of rotatable bonds is 6. The molecule has 2 aromatic rings. The Bertz CT molecular complexity index is 865. The molecule has 2 heterocycles. The highest BCUT2D eigenvalue weighted by Crippen LogP contribution is 2.35. The lowest BCUT2D eigenvalue weighted by molar-refractivity contribution is -0.123. The Morgan fingerprint density at radius 3 is 2.41 bits per heavy atom. The summed E-state index contributed by atoms with van der Waals surface area (Å²) in [6.45, 7) is 4.57. The zero-order valence-corrected chi connectivity index (χ0v) is 17.2. The number of amides is 1. The van der Waals surface area contributed by atoms with Crippen molar-refractivity contribution in [3.63, 3.8) is 0 Å². The summed E-state index contributed by atoms with van der Waals surface area (Å²) >= 11 is 1.65. The van der Waals surface area contributed by atoms with E-state index in [-0.39, 0.29) is 17.9 Å². The van der Waals surface area contributed by atoms with Crippen LogP contribution in [-0.4, -0.2) is 32.8 Å². The van der Waals surface area contributed by atoms with E-state index in [9.17, 15) is 13.2 Å². The van der Waals surface area contributed by atoms with Gasteiger partial charge in [-0.3, -0.25) is 4.79 Å². The van der Waals surface area contributed by atoms with E-state index < -0.39 is 15.1 Å². The zero-order valence-electron chi connectivity index (χ0n) is 15.6. The summed E-state index contributed by atoms with van der Waals surface area (Å²) in [4.78, 5) is 14.1. The highest BCUT2D eigenvalue weighted by molar-refractivity contribution is 7.92. The predicted molar refractivity (Wildman–Crippen MR) is 107 cm³/mol. The first-order valence-corrected chi connectivity index (χ1v) is 11.5. The molecule has 27 heavy (non-hydrogen) atoms. The second-order valence-corrected chi connectivity index (χ2v) is 10.6. The Morgan fingerprint density at radius 2 is 1.85 bits per heavy atom. The van der Waals surface area contributed by atoms with Crippen molar-refractivity contribution in [2.24, 2.45) is 0 Å². The molecule has 0 saturated carbocycles. The summed E-state index contributed by atoms with van der Waals surface area (Å²) in [6.07, 6.45) is 1.73. The number of carbonyl (C=O) groups is 1. The third-order valence-corrected chi connectivity index (χ3v) is 8.20. The molecule has 0 bridgehead atoms. The summed E-state index contributed by atoms with van der Waals surface area (Å²) in [5.41, 5.74) is 0.424. The highest BCUT2D eigenvalue weighted by atomic mass is 32.2. The number of benzene rings is 1. The number of hydrogen-bond acceptors (Lipinski definition) is 5. The van der Waals surface area contributed by atoms with Crippen LogP contribution < -0.4 is 5.32 Å². The van der Waals surface area contributed by atoms with E-state index >= 15 is 0 Å². The molecular weight excluding hydrogens is 382 g/mol. The maximum absolute atomic E-state index is 12.7. The highest BCUT2D eigenvalue weighted by Gasteiger charge is 2.36. The van der Waals surface area contributed by atoms with Gasteiger partial charge in [0.2, 0.25) is 5.91 Å². The molecule has 0 radical (unpaired) electrons. The smallest absolute Gasteiger partial charge is 0.225 e. The van der Waals surface area contributed by atoms with Crippen molar-refractivity contribution in [1.82, 2.24) is 5.32 Å². The van der Waals surface area contributed by atoms with E-state index in [2.05, 4.69) is 11.4 Å². The Hall–Kier alpha value is -1.70. The van der Waals surface area contributed by atoms with E-state index in [1.807, 2.05) is 11.4 Å². The van der Waals surface area contributed by atoms with Crippen molar-refractivity contribution in [3.8, 4) is 0 Å². The third kappa shape index (κ3) is 4.42. The molecule has 0 atom stereocenters. The standard InChI is InChI=1S/C20H25NO4S2/c1-15(2)27(23,24)17-7-5-16(6-8-17)14-19(22)21-20(9-11-25-12-10-20)18-4-3-13-26-18/h3-8,13,15H,9-12,14H2,1-2H3,(H,21,22). The summed E-state index contributed by atoms with van der Waals surface area (Å²) in [5.74, 6) is -0.0650. The molecule has 1 aromatic heterocycles. The van der Waals surface area contributed by atoms with Gasteiger partial charge in [-0.15, -0.1) is 11.3 Å². The van der Waals surface area contributed by atoms with Crippen molar-refractivity contribution >= 4 is 27.1 Å². The molecule has 7 heteroatoms. The van der Waals surface area contributed by atoms with E-state index in [0.717, 1.165) is 23.3 Å². The quantitative estimate of drug-likeness (QED) is 0.797. The Balaban J connectivity index is 1.71. The third-order valence-electron chi connectivity index (χ3n) is 4.96. The molecule has 0 unspecified atom stereocenters. The van der Waals surface area contributed by atoms with Gasteiger partial charge in [-0.25, -0.2) is 8.42 Å². The van der Waals surface area contributed by atoms with Crippen LogP contribution in [0.2, 0.25) is 0 Å². The van der Waals surface area contributed by atoms with Gasteiger partial charge in [0.15, 0.2) is 9.84 Å². The Morgan fingerprint density at radius 1 is 1.19 bits per heavy atom. The minimum atomic E-state index is -3.30. The van der Waals surface area contributed by atoms with Crippen molar-refractivity contribution < 1.29 is 17.9 Å². The lowest BCUT2D eigenvalue weighted by Gasteiger charge is -2.37. The van der Waals surface area contributed by atoms with Gasteiger partial charge in [0.25, 0.3) is 0 Å². The molecular formula is C20H25NO4S2. The topological polar surface area (TPSA) is 72.5 Å². The van der Waals surface area contributed by atoms with Crippen LogP contribution in [0.3, 0.4) is 0 Å². The molecule has 0 aliphatic carbocycles. The van der Waals surface area contributed by atoms with Crippen LogP contribution in [0.25, 0.3) is 0 Å². The number of carbonyl (C=O) groups excluding carboxylic acids is 1. The second kappa shape index (κ2) is 8.12. The Labute approximate surface area is 164 Å². The van der Waals surface area contributed by atoms with Gasteiger partial charge in [-0.2, -0.15) is 0 Å². The van der Waals surface area contributed by atoms with Gasteiger partial charge in [0.05, 0.1) is 22.1 Å². The zero-order chi connectivity index (χ0) is 19.5. The van der Waals surface area contributed by atoms with Crippen molar-refractivity contribution in [3.05, 3.63) is 52.2 Å². The molecule has 0 spiro atoms. The molecule has 5 nitrogen and oxygen atoms in total. The molecule has 1 aliphatic heterocycles. The van der Waals surface area contributed by atoms with Crippen LogP contribution in [0.1, 0.15) is 37.1 Å². The lowest BCUT2D eigenvalue weighted by Crippen LogP contribution is -2.49. The van der Waals surface area contributed by atoms with Crippen molar-refractivity contribution in [2.75, 3.05) is 13.2 Å². The van der Waals surface area contributed by atoms with Crippen LogP contribution >= 0.6 is 11.3 Å². The maximum Gasteiger partial charge on any atom is 0.225 e. The van der Waals surface area contributed by atoms with Crippen molar-refractivity contribution in [2.45, 2.75) is 48.8 Å². The fourth-order valence-corrected chi connectivity index (χ4v) is 5.27. The molecule has 1 aromatic carbocycles. The minimum Gasteiger partial charge on any atom is -0.381 e. The molecule has 146 valence electrons. The first kappa shape index (κ1) is 20.0. The van der Waals surface area contributed by atoms with E-state index in [4.69, 9.17) is 4.74 Å². The van der Waals surface area contributed by atoms with Gasteiger partial charge < -0.3 is 10.1 Å². The molecule has 3 rings (SSSR count). The normalized spacial score (nSPS) is 17.0. The summed E-state index contributed by atoms with van der Waals surface area (Å²) in [6, 6.07) is 10.7. The molecule has 1 amide bonds. The van der Waals surface area contributed by atoms with Crippen LogP contribution in [-0.2, 0) is 31.3 Å². The largest absolute Gasteiger partial charge is 0.381 e. The van der Waals surface area contributed by atoms with Crippen LogP contribution in [0.4, 0.5) is 0 Å². The van der Waals surface area contributed by atoms with E-state index in [1.54, 1.807) is 49.4 Å². The first-order chi connectivity index (χ1) is 12.8. The van der Waals surface area contributed by atoms with Gasteiger partial charge in [-0.1, -0.05) is 18.2 Å². The first-order valence-electron chi connectivity index (χ1n) is 9.09. The lowest BCUT2D eigenvalue weighted by atomic mass is 9.88. The number of thiophene rings is 1. The Kier molecular flexibility index (Phi) is 6.03. The fourth-order valence-electron chi connectivity index (χ4n) is 3.27. The fraction of sp³-hybridized carbons (Fsp3) is 0.450. The second-order valence-electron chi connectivity index (χ2n) is 7.13. The van der Waals surface area contributed by atoms with E-state index in [0.29, 0.717) is 18.1 Å². The van der Waals surface area contributed by atoms with Gasteiger partial charge in [0, 0.05) is 18.1 Å². The molecule has 1 saturated heterocycles. The number of nitrogens with one attached hydrogen (secondary N) is 1. The minimum absolute atomic E-state index is 0.0650. The average molecular weight is 408 g/mol. The maximum atomic E-state index is 12.7. The SMILES string of the molecule is CC(C)S(=O)(=O)c1ccc(CC(=O)NC2(c3cccs3)CCOCC2)cc1. The van der Waals surface area contributed by atoms with Gasteiger partial charge >= 0.3 is 0 Å². The van der Waals surface area contributed by atoms with Gasteiger partial charge in [-0.05, 0) is 55.8 Å². The average Bonchev–Trinajstić information content (AvgIpc) is 3.18.